The van der Waals surface area contributed by atoms with Crippen LogP contribution in [0.3, 0.4) is 0 Å². The minimum absolute atomic E-state index is 0.580. The van der Waals surface area contributed by atoms with Gasteiger partial charge in [0.2, 0.25) is 0 Å². The number of pyridine rings is 1. The topological polar surface area (TPSA) is 16.1 Å². The van der Waals surface area contributed by atoms with Gasteiger partial charge in [-0.15, -0.1) is 0 Å². The lowest BCUT2D eigenvalue weighted by Gasteiger charge is -2.19. The van der Waals surface area contributed by atoms with E-state index < -0.39 is 0 Å². The maximum absolute atomic E-state index is 4.66. The summed E-state index contributed by atoms with van der Waals surface area (Å²) in [6, 6.07) is 15.8. The van der Waals surface area contributed by atoms with Gasteiger partial charge in [-0.1, -0.05) is 36.4 Å². The molecule has 0 amide bonds. The molecular weight excluding hydrogens is 256 g/mol. The normalized spacial score (nSPS) is 19.0. The summed E-state index contributed by atoms with van der Waals surface area (Å²) in [6.07, 6.45) is 8.03. The van der Waals surface area contributed by atoms with E-state index in [4.69, 9.17) is 0 Å². The Morgan fingerprint density at radius 1 is 1.10 bits per heavy atom. The number of hydrogen-bond acceptors (Lipinski definition) is 2. The maximum Gasteiger partial charge on any atom is 0.0403 e. The molecule has 0 radical (unpaired) electrons. The van der Waals surface area contributed by atoms with E-state index >= 15 is 0 Å². The van der Waals surface area contributed by atoms with Crippen molar-refractivity contribution < 1.29 is 0 Å². The van der Waals surface area contributed by atoms with Crippen molar-refractivity contribution in [2.24, 2.45) is 0 Å². The molecule has 0 spiro atoms. The van der Waals surface area contributed by atoms with Gasteiger partial charge in [0.25, 0.3) is 0 Å². The smallest absolute Gasteiger partial charge is 0.0403 e. The van der Waals surface area contributed by atoms with Gasteiger partial charge in [-0.25, -0.2) is 0 Å². The molecule has 2 heterocycles. The molecule has 1 aliphatic heterocycles. The van der Waals surface area contributed by atoms with Crippen LogP contribution >= 0.6 is 0 Å². The van der Waals surface area contributed by atoms with Gasteiger partial charge < -0.3 is 0 Å². The minimum Gasteiger partial charge on any atom is -0.299 e. The zero-order chi connectivity index (χ0) is 14.5. The van der Waals surface area contributed by atoms with Gasteiger partial charge in [-0.3, -0.25) is 9.88 Å². The molecular formula is C19H24N2. The highest BCUT2D eigenvalue weighted by atomic mass is 15.1. The van der Waals surface area contributed by atoms with E-state index in [-0.39, 0.29) is 0 Å². The van der Waals surface area contributed by atoms with E-state index in [1.54, 1.807) is 0 Å². The number of rotatable bonds is 5. The Morgan fingerprint density at radius 2 is 1.95 bits per heavy atom. The third-order valence-corrected chi connectivity index (χ3v) is 4.49. The molecule has 21 heavy (non-hydrogen) atoms. The van der Waals surface area contributed by atoms with Crippen LogP contribution in [-0.2, 0) is 12.8 Å². The summed E-state index contributed by atoms with van der Waals surface area (Å²) in [7, 11) is 2.21. The number of benzene rings is 1. The molecule has 0 N–H and O–H groups in total. The Kier molecular flexibility index (Phi) is 4.66. The molecule has 2 heteroatoms. The summed E-state index contributed by atoms with van der Waals surface area (Å²) < 4.78 is 0. The molecule has 3 rings (SSSR count). The average molecular weight is 280 g/mol. The Morgan fingerprint density at radius 3 is 2.62 bits per heavy atom. The monoisotopic (exact) mass is 280 g/mol. The van der Waals surface area contributed by atoms with Gasteiger partial charge in [0, 0.05) is 17.9 Å². The summed E-state index contributed by atoms with van der Waals surface area (Å²) in [6.45, 7) is 1.21. The SMILES string of the molecule is CN1CCCC1c1ccc(CCCc2ccccc2)nc1. The van der Waals surface area contributed by atoms with Crippen LogP contribution < -0.4 is 0 Å². The van der Waals surface area contributed by atoms with Crippen molar-refractivity contribution in [1.29, 1.82) is 0 Å². The predicted molar refractivity (Wildman–Crippen MR) is 87.3 cm³/mol. The molecule has 1 aromatic carbocycles. The molecule has 110 valence electrons. The minimum atomic E-state index is 0.580. The Bertz CT molecular complexity index is 548. The molecule has 2 nitrogen and oxygen atoms in total. The van der Waals surface area contributed by atoms with Crippen LogP contribution in [0.1, 0.15) is 42.1 Å². The van der Waals surface area contributed by atoms with Crippen LogP contribution in [0, 0.1) is 0 Å². The van der Waals surface area contributed by atoms with E-state index in [2.05, 4.69) is 65.6 Å². The molecule has 1 aliphatic rings. The lowest BCUT2D eigenvalue weighted by molar-refractivity contribution is 0.317. The van der Waals surface area contributed by atoms with E-state index in [0.717, 1.165) is 12.8 Å². The van der Waals surface area contributed by atoms with Crippen LogP contribution in [0.5, 0.6) is 0 Å². The third kappa shape index (κ3) is 3.70. The fraction of sp³-hybridized carbons (Fsp3) is 0.421. The third-order valence-electron chi connectivity index (χ3n) is 4.49. The summed E-state index contributed by atoms with van der Waals surface area (Å²) in [5.74, 6) is 0. The van der Waals surface area contributed by atoms with E-state index in [1.165, 1.54) is 42.6 Å². The first-order chi connectivity index (χ1) is 10.3. The van der Waals surface area contributed by atoms with Crippen molar-refractivity contribution in [2.75, 3.05) is 13.6 Å². The molecule has 0 saturated carbocycles. The second-order valence-corrected chi connectivity index (χ2v) is 6.06. The summed E-state index contributed by atoms with van der Waals surface area (Å²) in [5.41, 5.74) is 4.01. The molecule has 1 saturated heterocycles. The summed E-state index contributed by atoms with van der Waals surface area (Å²) >= 11 is 0. The van der Waals surface area contributed by atoms with Gasteiger partial charge >= 0.3 is 0 Å². The first kappa shape index (κ1) is 14.3. The maximum atomic E-state index is 4.66. The first-order valence-electron chi connectivity index (χ1n) is 8.02. The van der Waals surface area contributed by atoms with Gasteiger partial charge in [0.05, 0.1) is 0 Å². The molecule has 1 unspecified atom stereocenters. The molecule has 0 aliphatic carbocycles. The Labute approximate surface area is 127 Å². The van der Waals surface area contributed by atoms with Crippen LogP contribution in [-0.4, -0.2) is 23.5 Å². The standard InChI is InChI=1S/C19H24N2/c1-21-14-6-11-19(21)17-12-13-18(20-15-17)10-5-9-16-7-3-2-4-8-16/h2-4,7-8,12-13,15,19H,5-6,9-11,14H2,1H3. The molecule has 0 bridgehead atoms. The van der Waals surface area contributed by atoms with Crippen LogP contribution in [0.25, 0.3) is 0 Å². The molecule has 1 aromatic heterocycles. The highest BCUT2D eigenvalue weighted by molar-refractivity contribution is 5.19. The second-order valence-electron chi connectivity index (χ2n) is 6.06. The van der Waals surface area contributed by atoms with Gasteiger partial charge in [0.1, 0.15) is 0 Å². The lowest BCUT2D eigenvalue weighted by Crippen LogP contribution is -2.17. The van der Waals surface area contributed by atoms with Gasteiger partial charge in [-0.2, -0.15) is 0 Å². The number of hydrogen-bond donors (Lipinski definition) is 0. The van der Waals surface area contributed by atoms with E-state index in [1.807, 2.05) is 0 Å². The summed E-state index contributed by atoms with van der Waals surface area (Å²) in [4.78, 5) is 7.10. The van der Waals surface area contributed by atoms with E-state index in [9.17, 15) is 0 Å². The van der Waals surface area contributed by atoms with E-state index in [0.29, 0.717) is 6.04 Å². The van der Waals surface area contributed by atoms with Gasteiger partial charge in [-0.05, 0) is 62.9 Å². The van der Waals surface area contributed by atoms with Gasteiger partial charge in [0.15, 0.2) is 0 Å². The highest BCUT2D eigenvalue weighted by Crippen LogP contribution is 2.29. The Balaban J connectivity index is 1.52. The quantitative estimate of drug-likeness (QED) is 0.822. The second kappa shape index (κ2) is 6.86. The number of aromatic nitrogens is 1. The van der Waals surface area contributed by atoms with Crippen LogP contribution in [0.15, 0.2) is 48.7 Å². The zero-order valence-electron chi connectivity index (χ0n) is 12.8. The molecule has 1 fully saturated rings. The number of nitrogens with zero attached hydrogens (tertiary/aromatic N) is 2. The highest BCUT2D eigenvalue weighted by Gasteiger charge is 2.22. The molecule has 1 atom stereocenters. The van der Waals surface area contributed by atoms with Crippen LogP contribution in [0.4, 0.5) is 0 Å². The van der Waals surface area contributed by atoms with Crippen molar-refractivity contribution in [2.45, 2.75) is 38.1 Å². The van der Waals surface area contributed by atoms with Crippen molar-refractivity contribution in [3.8, 4) is 0 Å². The lowest BCUT2D eigenvalue weighted by atomic mass is 10.0. The first-order valence-corrected chi connectivity index (χ1v) is 8.02. The van der Waals surface area contributed by atoms with Crippen molar-refractivity contribution in [3.05, 3.63) is 65.5 Å². The Hall–Kier alpha value is -1.67. The number of likely N-dealkylation sites (tertiary alicyclic amines) is 1. The number of aryl methyl sites for hydroxylation is 2. The fourth-order valence-corrected chi connectivity index (χ4v) is 3.23. The largest absolute Gasteiger partial charge is 0.299 e. The summed E-state index contributed by atoms with van der Waals surface area (Å²) in [5, 5.41) is 0. The predicted octanol–water partition coefficient (Wildman–Crippen LogP) is 4.02. The zero-order valence-corrected chi connectivity index (χ0v) is 12.8. The molecule has 2 aromatic rings. The van der Waals surface area contributed by atoms with Crippen molar-refractivity contribution in [1.82, 2.24) is 9.88 Å². The average Bonchev–Trinajstić information content (AvgIpc) is 2.95. The van der Waals surface area contributed by atoms with Crippen LogP contribution in [0.2, 0.25) is 0 Å². The van der Waals surface area contributed by atoms with Crippen molar-refractivity contribution >= 4 is 0 Å². The fourth-order valence-electron chi connectivity index (χ4n) is 3.23. The van der Waals surface area contributed by atoms with Crippen molar-refractivity contribution in [3.63, 3.8) is 0 Å².